The van der Waals surface area contributed by atoms with Crippen LogP contribution in [0.1, 0.15) is 40.2 Å². The number of fused-ring (bicyclic) bond motifs is 1. The Morgan fingerprint density at radius 3 is 2.96 bits per heavy atom. The molecule has 2 N–H and O–H groups in total. The first-order chi connectivity index (χ1) is 11.6. The number of nitrogens with one attached hydrogen (secondary N) is 2. The van der Waals surface area contributed by atoms with E-state index >= 15 is 0 Å². The van der Waals surface area contributed by atoms with Gasteiger partial charge in [-0.1, -0.05) is 6.07 Å². The normalized spacial score (nSPS) is 18.7. The van der Waals surface area contributed by atoms with Crippen molar-refractivity contribution in [3.05, 3.63) is 46.5 Å². The van der Waals surface area contributed by atoms with Crippen molar-refractivity contribution >= 4 is 18.3 Å². The lowest BCUT2D eigenvalue weighted by Crippen LogP contribution is -2.36. The van der Waals surface area contributed by atoms with Gasteiger partial charge in [0.15, 0.2) is 5.69 Å². The molecule has 0 spiro atoms. The molecule has 5 nitrogen and oxygen atoms in total. The summed E-state index contributed by atoms with van der Waals surface area (Å²) in [5.41, 5.74) is 3.67. The molecule has 25 heavy (non-hydrogen) atoms. The van der Waals surface area contributed by atoms with Crippen LogP contribution in [0, 0.1) is 12.7 Å². The van der Waals surface area contributed by atoms with Gasteiger partial charge in [-0.2, -0.15) is 5.10 Å². The van der Waals surface area contributed by atoms with Crippen LogP contribution in [0.3, 0.4) is 0 Å². The van der Waals surface area contributed by atoms with Crippen LogP contribution in [0.25, 0.3) is 5.69 Å². The SMILES string of the molecule is Cc1ccc(-n2nc(C(=O)NC3CCNC3)c3c2CCC3)c(F)c1.Cl. The van der Waals surface area contributed by atoms with Crippen molar-refractivity contribution in [2.75, 3.05) is 13.1 Å². The highest BCUT2D eigenvalue weighted by atomic mass is 35.5. The Hall–Kier alpha value is -1.92. The molecule has 0 bridgehead atoms. The van der Waals surface area contributed by atoms with E-state index in [1.165, 1.54) is 6.07 Å². The molecule has 1 aromatic carbocycles. The second kappa shape index (κ2) is 7.14. The Balaban J connectivity index is 0.00000182. The molecule has 2 aliphatic rings. The number of hydrogen-bond acceptors (Lipinski definition) is 3. The summed E-state index contributed by atoms with van der Waals surface area (Å²) >= 11 is 0. The van der Waals surface area contributed by atoms with Crippen LogP contribution in [-0.4, -0.2) is 34.8 Å². The topological polar surface area (TPSA) is 59.0 Å². The molecule has 0 radical (unpaired) electrons. The Morgan fingerprint density at radius 1 is 1.40 bits per heavy atom. The van der Waals surface area contributed by atoms with Gasteiger partial charge in [-0.05, 0) is 56.8 Å². The third-order valence-electron chi connectivity index (χ3n) is 4.87. The predicted molar refractivity (Wildman–Crippen MR) is 96.3 cm³/mol. The molecule has 1 atom stereocenters. The van der Waals surface area contributed by atoms with Crippen LogP contribution in [0.5, 0.6) is 0 Å². The van der Waals surface area contributed by atoms with Gasteiger partial charge in [0.05, 0.1) is 0 Å². The first-order valence-corrected chi connectivity index (χ1v) is 8.52. The van der Waals surface area contributed by atoms with Crippen LogP contribution in [-0.2, 0) is 12.8 Å². The molecule has 1 aromatic heterocycles. The number of carbonyl (C=O) groups excluding carboxylic acids is 1. The number of hydrogen-bond donors (Lipinski definition) is 2. The third kappa shape index (κ3) is 3.28. The fourth-order valence-corrected chi connectivity index (χ4v) is 3.63. The van der Waals surface area contributed by atoms with Crippen molar-refractivity contribution in [1.29, 1.82) is 0 Å². The lowest BCUT2D eigenvalue weighted by Gasteiger charge is -2.10. The number of halogens is 2. The van der Waals surface area contributed by atoms with Gasteiger partial charge in [-0.15, -0.1) is 12.4 Å². The van der Waals surface area contributed by atoms with E-state index in [-0.39, 0.29) is 30.2 Å². The van der Waals surface area contributed by atoms with Crippen LogP contribution < -0.4 is 10.6 Å². The molecule has 2 aromatic rings. The number of aromatic nitrogens is 2. The highest BCUT2D eigenvalue weighted by Crippen LogP contribution is 2.29. The predicted octanol–water partition coefficient (Wildman–Crippen LogP) is 2.32. The first kappa shape index (κ1) is 17.9. The number of benzene rings is 1. The van der Waals surface area contributed by atoms with E-state index in [1.807, 2.05) is 13.0 Å². The van der Waals surface area contributed by atoms with E-state index in [1.54, 1.807) is 10.7 Å². The molecule has 1 aliphatic heterocycles. The quantitative estimate of drug-likeness (QED) is 0.878. The summed E-state index contributed by atoms with van der Waals surface area (Å²) in [6.07, 6.45) is 3.57. The maximum atomic E-state index is 14.4. The smallest absolute Gasteiger partial charge is 0.272 e. The molecule has 0 saturated carbocycles. The molecule has 1 amide bonds. The molecule has 1 unspecified atom stereocenters. The Morgan fingerprint density at radius 2 is 2.24 bits per heavy atom. The maximum absolute atomic E-state index is 14.4. The zero-order valence-corrected chi connectivity index (χ0v) is 15.0. The zero-order valence-electron chi connectivity index (χ0n) is 14.1. The largest absolute Gasteiger partial charge is 0.347 e. The lowest BCUT2D eigenvalue weighted by molar-refractivity contribution is 0.0933. The minimum absolute atomic E-state index is 0. The first-order valence-electron chi connectivity index (χ1n) is 8.52. The van der Waals surface area contributed by atoms with Crippen molar-refractivity contribution in [3.63, 3.8) is 0 Å². The third-order valence-corrected chi connectivity index (χ3v) is 4.87. The van der Waals surface area contributed by atoms with Gasteiger partial charge in [0.1, 0.15) is 11.5 Å². The molecule has 2 heterocycles. The number of rotatable bonds is 3. The zero-order chi connectivity index (χ0) is 16.7. The van der Waals surface area contributed by atoms with Gasteiger partial charge >= 0.3 is 0 Å². The molecule has 4 rings (SSSR count). The summed E-state index contributed by atoms with van der Waals surface area (Å²) in [4.78, 5) is 12.6. The van der Waals surface area contributed by atoms with Crippen LogP contribution in [0.4, 0.5) is 4.39 Å². The number of aryl methyl sites for hydroxylation is 1. The highest BCUT2D eigenvalue weighted by molar-refractivity contribution is 5.94. The molecule has 1 fully saturated rings. The summed E-state index contributed by atoms with van der Waals surface area (Å²) < 4.78 is 16.0. The fourth-order valence-electron chi connectivity index (χ4n) is 3.63. The van der Waals surface area contributed by atoms with Gasteiger partial charge in [-0.25, -0.2) is 9.07 Å². The van der Waals surface area contributed by atoms with Gasteiger partial charge in [0.25, 0.3) is 5.91 Å². The van der Waals surface area contributed by atoms with Gasteiger partial charge in [-0.3, -0.25) is 4.79 Å². The molecule has 7 heteroatoms. The van der Waals surface area contributed by atoms with Crippen molar-refractivity contribution in [2.45, 2.75) is 38.6 Å². The average molecular weight is 365 g/mol. The maximum Gasteiger partial charge on any atom is 0.272 e. The van der Waals surface area contributed by atoms with Crippen molar-refractivity contribution in [3.8, 4) is 5.69 Å². The van der Waals surface area contributed by atoms with E-state index in [2.05, 4.69) is 15.7 Å². The van der Waals surface area contributed by atoms with E-state index in [0.29, 0.717) is 11.4 Å². The summed E-state index contributed by atoms with van der Waals surface area (Å²) in [5, 5.41) is 10.8. The standard InChI is InChI=1S/C18H21FN4O.ClH/c1-11-5-6-16(14(19)9-11)23-15-4-2-3-13(15)17(22-23)18(24)21-12-7-8-20-10-12;/h5-6,9,12,20H,2-4,7-8,10H2,1H3,(H,21,24);1H. The van der Waals surface area contributed by atoms with E-state index in [0.717, 1.165) is 55.6 Å². The molecule has 134 valence electrons. The second-order valence-corrected chi connectivity index (χ2v) is 6.66. The minimum atomic E-state index is -0.306. The lowest BCUT2D eigenvalue weighted by atomic mass is 10.1. The van der Waals surface area contributed by atoms with Gasteiger partial charge < -0.3 is 10.6 Å². The molecule has 1 saturated heterocycles. The Labute approximate surface area is 152 Å². The van der Waals surface area contributed by atoms with Crippen LogP contribution in [0.2, 0.25) is 0 Å². The Kier molecular flexibility index (Phi) is 5.11. The summed E-state index contributed by atoms with van der Waals surface area (Å²) in [6.45, 7) is 3.57. The van der Waals surface area contributed by atoms with Gasteiger partial charge in [0, 0.05) is 23.8 Å². The van der Waals surface area contributed by atoms with Crippen molar-refractivity contribution in [2.24, 2.45) is 0 Å². The van der Waals surface area contributed by atoms with Gasteiger partial charge in [0.2, 0.25) is 0 Å². The monoisotopic (exact) mass is 364 g/mol. The summed E-state index contributed by atoms with van der Waals surface area (Å²) in [5.74, 6) is -0.452. The van der Waals surface area contributed by atoms with Crippen molar-refractivity contribution < 1.29 is 9.18 Å². The van der Waals surface area contributed by atoms with E-state index in [9.17, 15) is 9.18 Å². The Bertz CT molecular complexity index is 799. The molecule has 1 aliphatic carbocycles. The molecular formula is C18H22ClFN4O. The van der Waals surface area contributed by atoms with Crippen LogP contribution in [0.15, 0.2) is 18.2 Å². The van der Waals surface area contributed by atoms with Crippen LogP contribution >= 0.6 is 12.4 Å². The number of amides is 1. The minimum Gasteiger partial charge on any atom is -0.347 e. The summed E-state index contributed by atoms with van der Waals surface area (Å²) in [6, 6.07) is 5.25. The highest BCUT2D eigenvalue weighted by Gasteiger charge is 2.29. The van der Waals surface area contributed by atoms with E-state index in [4.69, 9.17) is 0 Å². The average Bonchev–Trinajstić information content (AvgIpc) is 3.24. The second-order valence-electron chi connectivity index (χ2n) is 6.66. The number of nitrogens with zero attached hydrogens (tertiary/aromatic N) is 2. The molecular weight excluding hydrogens is 343 g/mol. The fraction of sp³-hybridized carbons (Fsp3) is 0.444. The van der Waals surface area contributed by atoms with Crippen molar-refractivity contribution in [1.82, 2.24) is 20.4 Å². The van der Waals surface area contributed by atoms with E-state index < -0.39 is 0 Å². The number of carbonyl (C=O) groups is 1. The summed E-state index contributed by atoms with van der Waals surface area (Å²) in [7, 11) is 0.